The average molecular weight is 230 g/mol. The van der Waals surface area contributed by atoms with Gasteiger partial charge in [0.2, 0.25) is 0 Å². The molecule has 0 bridgehead atoms. The molecule has 0 radical (unpaired) electrons. The van der Waals surface area contributed by atoms with Gasteiger partial charge in [-0.3, -0.25) is 0 Å². The van der Waals surface area contributed by atoms with E-state index in [0.29, 0.717) is 6.04 Å². The molecule has 1 N–H and O–H groups in total. The van der Waals surface area contributed by atoms with Crippen LogP contribution in [-0.2, 0) is 7.05 Å². The summed E-state index contributed by atoms with van der Waals surface area (Å²) in [5.41, 5.74) is 1.22. The lowest BCUT2D eigenvalue weighted by Crippen LogP contribution is -2.28. The summed E-state index contributed by atoms with van der Waals surface area (Å²) >= 11 is 0. The summed E-state index contributed by atoms with van der Waals surface area (Å²) in [6, 6.07) is 8.94. The minimum Gasteiger partial charge on any atom is -0.492 e. The minimum absolute atomic E-state index is 0.527. The molecule has 2 heterocycles. The molecule has 1 fully saturated rings. The molecule has 3 nitrogen and oxygen atoms in total. The molecular weight excluding hydrogens is 212 g/mol. The summed E-state index contributed by atoms with van der Waals surface area (Å²) in [7, 11) is 2.06. The predicted molar refractivity (Wildman–Crippen MR) is 69.4 cm³/mol. The van der Waals surface area contributed by atoms with E-state index in [0.717, 1.165) is 18.9 Å². The fourth-order valence-electron chi connectivity index (χ4n) is 2.43. The molecule has 0 spiro atoms. The Morgan fingerprint density at radius 2 is 2.35 bits per heavy atom. The molecule has 3 heteroatoms. The smallest absolute Gasteiger partial charge is 0.121 e. The molecule has 17 heavy (non-hydrogen) atoms. The molecule has 1 aliphatic rings. The van der Waals surface area contributed by atoms with Crippen LogP contribution in [0.5, 0.6) is 5.75 Å². The molecular formula is C14H18N2O. The molecule has 1 unspecified atom stereocenters. The van der Waals surface area contributed by atoms with Gasteiger partial charge in [-0.25, -0.2) is 0 Å². The second-order valence-corrected chi connectivity index (χ2v) is 4.75. The van der Waals surface area contributed by atoms with E-state index in [4.69, 9.17) is 4.74 Å². The lowest BCUT2D eigenvalue weighted by molar-refractivity contribution is 0.277. The standard InChI is InChI=1S/C14H18N2O/c1-16-8-6-11-4-5-13(9-14(11)16)17-10-12-3-2-7-15-12/h4-6,8-9,12,15H,2-3,7,10H2,1H3. The molecule has 0 amide bonds. The maximum Gasteiger partial charge on any atom is 0.121 e. The van der Waals surface area contributed by atoms with Gasteiger partial charge in [0.05, 0.1) is 5.52 Å². The number of nitrogens with one attached hydrogen (secondary N) is 1. The van der Waals surface area contributed by atoms with Crippen molar-refractivity contribution in [2.45, 2.75) is 18.9 Å². The topological polar surface area (TPSA) is 26.2 Å². The Bertz CT molecular complexity index is 512. The van der Waals surface area contributed by atoms with Gasteiger partial charge in [-0.15, -0.1) is 0 Å². The van der Waals surface area contributed by atoms with E-state index < -0.39 is 0 Å². The van der Waals surface area contributed by atoms with Gasteiger partial charge in [-0.1, -0.05) is 0 Å². The van der Waals surface area contributed by atoms with E-state index in [-0.39, 0.29) is 0 Å². The van der Waals surface area contributed by atoms with Crippen molar-refractivity contribution in [3.8, 4) is 5.75 Å². The van der Waals surface area contributed by atoms with Gasteiger partial charge >= 0.3 is 0 Å². The quantitative estimate of drug-likeness (QED) is 0.875. The maximum absolute atomic E-state index is 5.85. The Morgan fingerprint density at radius 1 is 1.41 bits per heavy atom. The van der Waals surface area contributed by atoms with E-state index in [9.17, 15) is 0 Å². The lowest BCUT2D eigenvalue weighted by Gasteiger charge is -2.12. The third-order valence-corrected chi connectivity index (χ3v) is 3.47. The molecule has 1 saturated heterocycles. The van der Waals surface area contributed by atoms with Gasteiger partial charge in [0.15, 0.2) is 0 Å². The van der Waals surface area contributed by atoms with Crippen LogP contribution in [0.3, 0.4) is 0 Å². The van der Waals surface area contributed by atoms with Gasteiger partial charge in [0.25, 0.3) is 0 Å². The number of hydrogen-bond donors (Lipinski definition) is 1. The zero-order valence-corrected chi connectivity index (χ0v) is 10.1. The first kappa shape index (κ1) is 10.7. The number of ether oxygens (including phenoxy) is 1. The first-order valence-corrected chi connectivity index (χ1v) is 6.24. The molecule has 1 aromatic carbocycles. The molecule has 3 rings (SSSR count). The highest BCUT2D eigenvalue weighted by molar-refractivity contribution is 5.81. The Hall–Kier alpha value is -1.48. The number of aromatic nitrogens is 1. The number of nitrogens with zero attached hydrogens (tertiary/aromatic N) is 1. The van der Waals surface area contributed by atoms with Crippen molar-refractivity contribution in [2.75, 3.05) is 13.2 Å². The predicted octanol–water partition coefficient (Wildman–Crippen LogP) is 2.31. The summed E-state index contributed by atoms with van der Waals surface area (Å²) in [5.74, 6) is 0.966. The third-order valence-electron chi connectivity index (χ3n) is 3.47. The van der Waals surface area contributed by atoms with Crippen LogP contribution in [0.2, 0.25) is 0 Å². The van der Waals surface area contributed by atoms with Crippen molar-refractivity contribution >= 4 is 10.9 Å². The van der Waals surface area contributed by atoms with Gasteiger partial charge in [-0.2, -0.15) is 0 Å². The Morgan fingerprint density at radius 3 is 3.18 bits per heavy atom. The average Bonchev–Trinajstić information content (AvgIpc) is 2.97. The molecule has 2 aromatic rings. The summed E-state index contributed by atoms with van der Waals surface area (Å²) < 4.78 is 7.97. The molecule has 90 valence electrons. The largest absolute Gasteiger partial charge is 0.492 e. The summed E-state index contributed by atoms with van der Waals surface area (Å²) in [4.78, 5) is 0. The van der Waals surface area contributed by atoms with Crippen molar-refractivity contribution in [1.82, 2.24) is 9.88 Å². The van der Waals surface area contributed by atoms with Crippen LogP contribution in [0, 0.1) is 0 Å². The van der Waals surface area contributed by atoms with Crippen LogP contribution < -0.4 is 10.1 Å². The third kappa shape index (κ3) is 2.15. The molecule has 0 aliphatic carbocycles. The normalized spacial score (nSPS) is 19.9. The van der Waals surface area contributed by atoms with Crippen molar-refractivity contribution < 1.29 is 4.74 Å². The van der Waals surface area contributed by atoms with Crippen molar-refractivity contribution in [3.05, 3.63) is 30.5 Å². The highest BCUT2D eigenvalue weighted by atomic mass is 16.5. The second kappa shape index (κ2) is 4.41. The van der Waals surface area contributed by atoms with E-state index in [2.05, 4.69) is 47.4 Å². The summed E-state index contributed by atoms with van der Waals surface area (Å²) in [6.45, 7) is 1.90. The van der Waals surface area contributed by atoms with Crippen molar-refractivity contribution in [3.63, 3.8) is 0 Å². The number of hydrogen-bond acceptors (Lipinski definition) is 2. The van der Waals surface area contributed by atoms with Gasteiger partial charge in [0, 0.05) is 25.4 Å². The van der Waals surface area contributed by atoms with Crippen LogP contribution in [0.1, 0.15) is 12.8 Å². The number of fused-ring (bicyclic) bond motifs is 1. The van der Waals surface area contributed by atoms with E-state index in [1.165, 1.54) is 23.7 Å². The maximum atomic E-state index is 5.85. The molecule has 0 saturated carbocycles. The van der Waals surface area contributed by atoms with E-state index in [1.807, 2.05) is 0 Å². The monoisotopic (exact) mass is 230 g/mol. The minimum atomic E-state index is 0.527. The molecule has 1 aliphatic heterocycles. The fourth-order valence-corrected chi connectivity index (χ4v) is 2.43. The zero-order chi connectivity index (χ0) is 11.7. The van der Waals surface area contributed by atoms with Crippen LogP contribution >= 0.6 is 0 Å². The summed E-state index contributed by atoms with van der Waals surface area (Å²) in [6.07, 6.45) is 4.57. The van der Waals surface area contributed by atoms with Crippen LogP contribution in [0.4, 0.5) is 0 Å². The SMILES string of the molecule is Cn1ccc2ccc(OCC3CCCN3)cc21. The van der Waals surface area contributed by atoms with Gasteiger partial charge in [-0.05, 0) is 43.0 Å². The Kier molecular flexibility index (Phi) is 2.77. The van der Waals surface area contributed by atoms with Crippen LogP contribution in [-0.4, -0.2) is 23.8 Å². The highest BCUT2D eigenvalue weighted by Crippen LogP contribution is 2.21. The Labute approximate surface area is 101 Å². The van der Waals surface area contributed by atoms with Crippen LogP contribution in [0.25, 0.3) is 10.9 Å². The first-order valence-electron chi connectivity index (χ1n) is 6.24. The fraction of sp³-hybridized carbons (Fsp3) is 0.429. The van der Waals surface area contributed by atoms with Crippen molar-refractivity contribution in [2.24, 2.45) is 7.05 Å². The Balaban J connectivity index is 1.73. The zero-order valence-electron chi connectivity index (χ0n) is 10.1. The molecule has 1 atom stereocenters. The number of benzene rings is 1. The van der Waals surface area contributed by atoms with Gasteiger partial charge < -0.3 is 14.6 Å². The summed E-state index contributed by atoms with van der Waals surface area (Å²) in [5, 5.41) is 4.70. The number of rotatable bonds is 3. The highest BCUT2D eigenvalue weighted by Gasteiger charge is 2.14. The van der Waals surface area contributed by atoms with Gasteiger partial charge in [0.1, 0.15) is 12.4 Å². The van der Waals surface area contributed by atoms with Crippen molar-refractivity contribution in [1.29, 1.82) is 0 Å². The first-order chi connectivity index (χ1) is 8.33. The van der Waals surface area contributed by atoms with Crippen LogP contribution in [0.15, 0.2) is 30.5 Å². The van der Waals surface area contributed by atoms with E-state index >= 15 is 0 Å². The lowest BCUT2D eigenvalue weighted by atomic mass is 10.2. The molecule has 1 aromatic heterocycles. The number of aryl methyl sites for hydroxylation is 1. The second-order valence-electron chi connectivity index (χ2n) is 4.75. The van der Waals surface area contributed by atoms with E-state index in [1.54, 1.807) is 0 Å².